The van der Waals surface area contributed by atoms with Crippen LogP contribution in [-0.2, 0) is 14.5 Å². The lowest BCUT2D eigenvalue weighted by Crippen LogP contribution is -2.21. The molecular formula is C12H18O3. The molecule has 0 aliphatic heterocycles. The molecule has 0 saturated carbocycles. The van der Waals surface area contributed by atoms with Gasteiger partial charge in [0, 0.05) is 12.7 Å². The summed E-state index contributed by atoms with van der Waals surface area (Å²) in [5, 5.41) is 0. The van der Waals surface area contributed by atoms with Crippen LogP contribution in [0.4, 0.5) is 0 Å². The molecule has 84 valence electrons. The average molecular weight is 210 g/mol. The first kappa shape index (κ1) is 12.2. The van der Waals surface area contributed by atoms with Crippen molar-refractivity contribution < 1.29 is 14.5 Å². The Kier molecular flexibility index (Phi) is 4.27. The van der Waals surface area contributed by atoms with Gasteiger partial charge in [-0.2, -0.15) is 4.89 Å². The molecule has 0 aliphatic rings. The van der Waals surface area contributed by atoms with Crippen LogP contribution in [0, 0.1) is 0 Å². The normalized spacial score (nSPS) is 13.9. The molecule has 0 saturated heterocycles. The Morgan fingerprint density at radius 1 is 1.07 bits per heavy atom. The van der Waals surface area contributed by atoms with Gasteiger partial charge in [0.25, 0.3) is 0 Å². The van der Waals surface area contributed by atoms with Crippen LogP contribution in [0.2, 0.25) is 0 Å². The fraction of sp³-hybridized carbons (Fsp3) is 0.500. The third-order valence-corrected chi connectivity index (χ3v) is 1.67. The molecule has 0 heterocycles. The summed E-state index contributed by atoms with van der Waals surface area (Å²) in [6, 6.07) is 9.67. The van der Waals surface area contributed by atoms with Crippen LogP contribution < -0.4 is 0 Å². The lowest BCUT2D eigenvalue weighted by Gasteiger charge is -2.22. The Hall–Kier alpha value is -0.900. The zero-order valence-electron chi connectivity index (χ0n) is 9.69. The Morgan fingerprint density at radius 2 is 1.67 bits per heavy atom. The second-order valence-electron chi connectivity index (χ2n) is 4.27. The van der Waals surface area contributed by atoms with Crippen molar-refractivity contribution in [1.29, 1.82) is 0 Å². The Labute approximate surface area is 90.9 Å². The van der Waals surface area contributed by atoms with E-state index in [0.29, 0.717) is 0 Å². The van der Waals surface area contributed by atoms with Crippen LogP contribution in [0.3, 0.4) is 0 Å². The van der Waals surface area contributed by atoms with E-state index in [1.54, 1.807) is 7.11 Å². The summed E-state index contributed by atoms with van der Waals surface area (Å²) in [6.45, 7) is 5.76. The third-order valence-electron chi connectivity index (χ3n) is 1.67. The average Bonchev–Trinajstić information content (AvgIpc) is 2.19. The van der Waals surface area contributed by atoms with E-state index in [4.69, 9.17) is 14.5 Å². The maximum absolute atomic E-state index is 5.22. The van der Waals surface area contributed by atoms with Gasteiger partial charge < -0.3 is 4.74 Å². The van der Waals surface area contributed by atoms with E-state index in [0.717, 1.165) is 5.56 Å². The molecule has 0 amide bonds. The Balaban J connectivity index is 2.58. The molecule has 1 rings (SSSR count). The molecule has 3 nitrogen and oxygen atoms in total. The summed E-state index contributed by atoms with van der Waals surface area (Å²) in [7, 11) is 1.59. The van der Waals surface area contributed by atoms with E-state index < -0.39 is 6.29 Å². The van der Waals surface area contributed by atoms with E-state index in [-0.39, 0.29) is 5.60 Å². The van der Waals surface area contributed by atoms with Crippen molar-refractivity contribution in [2.75, 3.05) is 7.11 Å². The number of benzene rings is 1. The maximum Gasteiger partial charge on any atom is 0.217 e. The molecule has 1 aromatic carbocycles. The largest absolute Gasteiger partial charge is 0.349 e. The van der Waals surface area contributed by atoms with Crippen LogP contribution in [-0.4, -0.2) is 12.7 Å². The molecule has 0 N–H and O–H groups in total. The standard InChI is InChI=1S/C12H18O3/c1-12(2,3)15-14-11(13-4)10-8-6-5-7-9-10/h5-9,11H,1-4H3. The predicted molar refractivity (Wildman–Crippen MR) is 58.1 cm³/mol. The van der Waals surface area contributed by atoms with E-state index in [9.17, 15) is 0 Å². The summed E-state index contributed by atoms with van der Waals surface area (Å²) < 4.78 is 5.18. The first-order chi connectivity index (χ1) is 7.03. The second kappa shape index (κ2) is 5.26. The smallest absolute Gasteiger partial charge is 0.217 e. The second-order valence-corrected chi connectivity index (χ2v) is 4.27. The van der Waals surface area contributed by atoms with E-state index >= 15 is 0 Å². The van der Waals surface area contributed by atoms with Gasteiger partial charge in [-0.15, -0.1) is 0 Å². The summed E-state index contributed by atoms with van der Waals surface area (Å²) in [4.78, 5) is 10.4. The van der Waals surface area contributed by atoms with Crippen molar-refractivity contribution >= 4 is 0 Å². The lowest BCUT2D eigenvalue weighted by atomic mass is 10.2. The highest BCUT2D eigenvalue weighted by atomic mass is 17.2. The first-order valence-corrected chi connectivity index (χ1v) is 4.95. The monoisotopic (exact) mass is 210 g/mol. The fourth-order valence-corrected chi connectivity index (χ4v) is 1.03. The van der Waals surface area contributed by atoms with Gasteiger partial charge in [-0.05, 0) is 20.8 Å². The number of hydrogen-bond donors (Lipinski definition) is 0. The van der Waals surface area contributed by atoms with E-state index in [1.807, 2.05) is 51.1 Å². The summed E-state index contributed by atoms with van der Waals surface area (Å²) in [5.41, 5.74) is 0.593. The molecule has 0 bridgehead atoms. The van der Waals surface area contributed by atoms with Gasteiger partial charge >= 0.3 is 0 Å². The SMILES string of the molecule is COC(OOC(C)(C)C)c1ccccc1. The highest BCUT2D eigenvalue weighted by molar-refractivity contribution is 5.15. The summed E-state index contributed by atoms with van der Waals surface area (Å²) in [5.74, 6) is 0. The van der Waals surface area contributed by atoms with E-state index in [2.05, 4.69) is 0 Å². The number of ether oxygens (including phenoxy) is 1. The van der Waals surface area contributed by atoms with Gasteiger partial charge in [0.2, 0.25) is 6.29 Å². The van der Waals surface area contributed by atoms with Crippen molar-refractivity contribution in [2.45, 2.75) is 32.7 Å². The number of methoxy groups -OCH3 is 1. The van der Waals surface area contributed by atoms with Crippen molar-refractivity contribution in [2.24, 2.45) is 0 Å². The molecule has 3 heteroatoms. The quantitative estimate of drug-likeness (QED) is 0.434. The molecule has 0 spiro atoms. The molecule has 0 radical (unpaired) electrons. The zero-order chi connectivity index (χ0) is 11.3. The number of hydrogen-bond acceptors (Lipinski definition) is 3. The van der Waals surface area contributed by atoms with Crippen molar-refractivity contribution in [3.05, 3.63) is 35.9 Å². The van der Waals surface area contributed by atoms with Gasteiger partial charge in [-0.1, -0.05) is 30.3 Å². The van der Waals surface area contributed by atoms with Crippen molar-refractivity contribution in [3.8, 4) is 0 Å². The molecule has 15 heavy (non-hydrogen) atoms. The molecule has 1 atom stereocenters. The highest BCUT2D eigenvalue weighted by Crippen LogP contribution is 2.20. The van der Waals surface area contributed by atoms with Gasteiger partial charge in [0.05, 0.1) is 5.60 Å². The van der Waals surface area contributed by atoms with Crippen LogP contribution in [0.25, 0.3) is 0 Å². The predicted octanol–water partition coefficient (Wildman–Crippen LogP) is 3.08. The van der Waals surface area contributed by atoms with Gasteiger partial charge in [0.15, 0.2) is 0 Å². The number of rotatable bonds is 4. The van der Waals surface area contributed by atoms with Gasteiger partial charge in [0.1, 0.15) is 0 Å². The van der Waals surface area contributed by atoms with E-state index in [1.165, 1.54) is 0 Å². The van der Waals surface area contributed by atoms with Crippen molar-refractivity contribution in [1.82, 2.24) is 0 Å². The minimum Gasteiger partial charge on any atom is -0.349 e. The summed E-state index contributed by atoms with van der Waals surface area (Å²) in [6.07, 6.45) is -0.481. The highest BCUT2D eigenvalue weighted by Gasteiger charge is 2.17. The maximum atomic E-state index is 5.22. The third kappa shape index (κ3) is 4.42. The lowest BCUT2D eigenvalue weighted by molar-refractivity contribution is -0.417. The summed E-state index contributed by atoms with van der Waals surface area (Å²) >= 11 is 0. The molecule has 0 aliphatic carbocycles. The van der Waals surface area contributed by atoms with Crippen LogP contribution in [0.5, 0.6) is 0 Å². The molecule has 1 aromatic rings. The Morgan fingerprint density at radius 3 is 2.13 bits per heavy atom. The first-order valence-electron chi connectivity index (χ1n) is 4.95. The van der Waals surface area contributed by atoms with Crippen LogP contribution in [0.1, 0.15) is 32.6 Å². The Bertz CT molecular complexity index is 277. The topological polar surface area (TPSA) is 27.7 Å². The zero-order valence-corrected chi connectivity index (χ0v) is 9.69. The van der Waals surface area contributed by atoms with Gasteiger partial charge in [-0.3, -0.25) is 0 Å². The molecular weight excluding hydrogens is 192 g/mol. The molecule has 1 unspecified atom stereocenters. The minimum absolute atomic E-state index is 0.342. The van der Waals surface area contributed by atoms with Crippen LogP contribution in [0.15, 0.2) is 30.3 Å². The van der Waals surface area contributed by atoms with Gasteiger partial charge in [-0.25, -0.2) is 4.89 Å². The minimum atomic E-state index is -0.481. The molecule has 0 aromatic heterocycles. The van der Waals surface area contributed by atoms with Crippen LogP contribution >= 0.6 is 0 Å². The van der Waals surface area contributed by atoms with Crippen molar-refractivity contribution in [3.63, 3.8) is 0 Å². The molecule has 0 fully saturated rings. The fourth-order valence-electron chi connectivity index (χ4n) is 1.03.